The largest absolute Gasteiger partial charge is 0.369 e. The van der Waals surface area contributed by atoms with Gasteiger partial charge >= 0.3 is 0 Å². The van der Waals surface area contributed by atoms with Crippen LogP contribution >= 0.6 is 11.3 Å². The molecule has 20 heavy (non-hydrogen) atoms. The van der Waals surface area contributed by atoms with Gasteiger partial charge in [0.2, 0.25) is 5.95 Å². The topological polar surface area (TPSA) is 56.7 Å². The first-order valence-electron chi connectivity index (χ1n) is 6.72. The van der Waals surface area contributed by atoms with Crippen LogP contribution in [0.2, 0.25) is 0 Å². The van der Waals surface area contributed by atoms with Gasteiger partial charge in [-0.1, -0.05) is 19.9 Å². The van der Waals surface area contributed by atoms with Crippen LogP contribution in [0.1, 0.15) is 30.5 Å². The van der Waals surface area contributed by atoms with Crippen LogP contribution in [0.15, 0.2) is 29.6 Å². The van der Waals surface area contributed by atoms with Crippen molar-refractivity contribution in [3.8, 4) is 0 Å². The molecule has 0 fully saturated rings. The Kier molecular flexibility index (Phi) is 3.22. The molecule has 0 saturated heterocycles. The molecular weight excluding hydrogens is 268 g/mol. The molecule has 2 N–H and O–H groups in total. The fourth-order valence-electron chi connectivity index (χ4n) is 2.57. The van der Waals surface area contributed by atoms with Gasteiger partial charge in [0.15, 0.2) is 5.65 Å². The molecular formula is C15H18N4S. The third-order valence-electron chi connectivity index (χ3n) is 3.45. The van der Waals surface area contributed by atoms with E-state index in [1.807, 2.05) is 19.1 Å². The summed E-state index contributed by atoms with van der Waals surface area (Å²) in [5.74, 6) is 0.945. The number of aromatic nitrogens is 3. The fraction of sp³-hybridized carbons (Fsp3) is 0.333. The highest BCUT2D eigenvalue weighted by atomic mass is 32.1. The minimum atomic E-state index is 0.175. The highest BCUT2D eigenvalue weighted by molar-refractivity contribution is 7.10. The third-order valence-corrected chi connectivity index (χ3v) is 4.39. The van der Waals surface area contributed by atoms with E-state index in [0.29, 0.717) is 11.9 Å². The summed E-state index contributed by atoms with van der Waals surface area (Å²) in [4.78, 5) is 10.4. The van der Waals surface area contributed by atoms with Crippen LogP contribution < -0.4 is 5.73 Å². The number of aryl methyl sites for hydroxylation is 1. The van der Waals surface area contributed by atoms with Gasteiger partial charge in [-0.15, -0.1) is 11.3 Å². The number of rotatable bonds is 3. The Hall–Kier alpha value is -1.88. The number of anilines is 1. The van der Waals surface area contributed by atoms with Crippen LogP contribution in [-0.2, 0) is 0 Å². The van der Waals surface area contributed by atoms with E-state index in [-0.39, 0.29) is 6.04 Å². The first-order chi connectivity index (χ1) is 9.58. The van der Waals surface area contributed by atoms with E-state index >= 15 is 0 Å². The molecule has 0 spiro atoms. The van der Waals surface area contributed by atoms with Crippen LogP contribution in [-0.4, -0.2) is 14.5 Å². The van der Waals surface area contributed by atoms with E-state index in [2.05, 4.69) is 45.9 Å². The van der Waals surface area contributed by atoms with E-state index in [1.54, 1.807) is 11.3 Å². The Morgan fingerprint density at radius 1 is 1.20 bits per heavy atom. The minimum Gasteiger partial charge on any atom is -0.369 e. The Morgan fingerprint density at radius 2 is 2.00 bits per heavy atom. The molecule has 104 valence electrons. The highest BCUT2D eigenvalue weighted by Crippen LogP contribution is 2.34. The molecule has 5 heteroatoms. The van der Waals surface area contributed by atoms with Crippen molar-refractivity contribution in [2.24, 2.45) is 5.92 Å². The maximum Gasteiger partial charge on any atom is 0.203 e. The summed E-state index contributed by atoms with van der Waals surface area (Å²) in [5.41, 5.74) is 8.87. The standard InChI is InChI=1S/C15H18N4S/c1-9(2)13(12-5-4-8-20-12)19-14-11(18-15(19)16)7-6-10(3)17-14/h4-9,13H,1-3H3,(H2,16,18). The number of hydrogen-bond acceptors (Lipinski definition) is 4. The van der Waals surface area contributed by atoms with Gasteiger partial charge in [-0.25, -0.2) is 9.97 Å². The van der Waals surface area contributed by atoms with Crippen molar-refractivity contribution in [3.63, 3.8) is 0 Å². The smallest absolute Gasteiger partial charge is 0.203 e. The van der Waals surface area contributed by atoms with Gasteiger partial charge < -0.3 is 5.73 Å². The molecule has 0 aliphatic carbocycles. The lowest BCUT2D eigenvalue weighted by molar-refractivity contribution is 0.455. The summed E-state index contributed by atoms with van der Waals surface area (Å²) in [6.07, 6.45) is 0. The van der Waals surface area contributed by atoms with Crippen LogP contribution in [0.5, 0.6) is 0 Å². The molecule has 0 bridgehead atoms. The van der Waals surface area contributed by atoms with Gasteiger partial charge in [0, 0.05) is 10.6 Å². The van der Waals surface area contributed by atoms with Crippen molar-refractivity contribution in [2.75, 3.05) is 5.73 Å². The first kappa shape index (κ1) is 13.1. The van der Waals surface area contributed by atoms with E-state index < -0.39 is 0 Å². The molecule has 0 radical (unpaired) electrons. The molecule has 4 nitrogen and oxygen atoms in total. The zero-order valence-corrected chi connectivity index (χ0v) is 12.7. The minimum absolute atomic E-state index is 0.175. The lowest BCUT2D eigenvalue weighted by Gasteiger charge is -2.22. The number of nitrogens with two attached hydrogens (primary N) is 1. The fourth-order valence-corrected chi connectivity index (χ4v) is 3.56. The van der Waals surface area contributed by atoms with Crippen molar-refractivity contribution in [1.82, 2.24) is 14.5 Å². The Balaban J connectivity index is 2.25. The zero-order valence-electron chi connectivity index (χ0n) is 11.9. The molecule has 0 aromatic carbocycles. The molecule has 1 atom stereocenters. The van der Waals surface area contributed by atoms with Crippen LogP contribution in [0.25, 0.3) is 11.2 Å². The average Bonchev–Trinajstić information content (AvgIpc) is 3.00. The van der Waals surface area contributed by atoms with E-state index in [0.717, 1.165) is 16.9 Å². The number of fused-ring (bicyclic) bond motifs is 1. The van der Waals surface area contributed by atoms with Gasteiger partial charge in [0.1, 0.15) is 5.52 Å². The Labute approximate surface area is 122 Å². The lowest BCUT2D eigenvalue weighted by Crippen LogP contribution is -2.18. The third kappa shape index (κ3) is 2.08. The molecule has 0 amide bonds. The molecule has 1 unspecified atom stereocenters. The lowest BCUT2D eigenvalue weighted by atomic mass is 10.0. The highest BCUT2D eigenvalue weighted by Gasteiger charge is 2.24. The summed E-state index contributed by atoms with van der Waals surface area (Å²) >= 11 is 1.75. The molecule has 0 aliphatic rings. The number of pyridine rings is 1. The number of nitrogens with zero attached hydrogens (tertiary/aromatic N) is 3. The predicted molar refractivity (Wildman–Crippen MR) is 84.0 cm³/mol. The molecule has 0 saturated carbocycles. The van der Waals surface area contributed by atoms with Crippen LogP contribution in [0.3, 0.4) is 0 Å². The molecule has 0 aliphatic heterocycles. The summed E-state index contributed by atoms with van der Waals surface area (Å²) < 4.78 is 2.07. The van der Waals surface area contributed by atoms with Crippen molar-refractivity contribution >= 4 is 28.4 Å². The second kappa shape index (κ2) is 4.90. The van der Waals surface area contributed by atoms with Crippen molar-refractivity contribution in [2.45, 2.75) is 26.8 Å². The molecule has 3 rings (SSSR count). The van der Waals surface area contributed by atoms with Gasteiger partial charge in [0.25, 0.3) is 0 Å². The normalized spacial score (nSPS) is 13.2. The first-order valence-corrected chi connectivity index (χ1v) is 7.60. The monoisotopic (exact) mass is 286 g/mol. The molecule has 3 heterocycles. The average molecular weight is 286 g/mol. The van der Waals surface area contributed by atoms with Crippen LogP contribution in [0.4, 0.5) is 5.95 Å². The number of nitrogen functional groups attached to an aromatic ring is 1. The maximum atomic E-state index is 6.16. The van der Waals surface area contributed by atoms with E-state index in [1.165, 1.54) is 4.88 Å². The van der Waals surface area contributed by atoms with Crippen molar-refractivity contribution in [3.05, 3.63) is 40.2 Å². The van der Waals surface area contributed by atoms with Crippen molar-refractivity contribution in [1.29, 1.82) is 0 Å². The van der Waals surface area contributed by atoms with Crippen LogP contribution in [0, 0.1) is 12.8 Å². The summed E-state index contributed by atoms with van der Waals surface area (Å²) in [7, 11) is 0. The number of hydrogen-bond donors (Lipinski definition) is 1. The van der Waals surface area contributed by atoms with Crippen molar-refractivity contribution < 1.29 is 0 Å². The predicted octanol–water partition coefficient (Wildman–Crippen LogP) is 3.63. The van der Waals surface area contributed by atoms with Gasteiger partial charge in [-0.2, -0.15) is 0 Å². The van der Waals surface area contributed by atoms with Gasteiger partial charge in [-0.3, -0.25) is 4.57 Å². The van der Waals surface area contributed by atoms with E-state index in [9.17, 15) is 0 Å². The number of thiophene rings is 1. The molecule has 3 aromatic heterocycles. The Morgan fingerprint density at radius 3 is 2.65 bits per heavy atom. The van der Waals surface area contributed by atoms with Gasteiger partial charge in [0.05, 0.1) is 6.04 Å². The second-order valence-electron chi connectivity index (χ2n) is 5.34. The van der Waals surface area contributed by atoms with E-state index in [4.69, 9.17) is 5.73 Å². The summed E-state index contributed by atoms with van der Waals surface area (Å²) in [6, 6.07) is 8.35. The summed E-state index contributed by atoms with van der Waals surface area (Å²) in [6.45, 7) is 6.39. The second-order valence-corrected chi connectivity index (χ2v) is 6.32. The quantitative estimate of drug-likeness (QED) is 0.800. The summed E-state index contributed by atoms with van der Waals surface area (Å²) in [5, 5.41) is 2.10. The number of imidazole rings is 1. The Bertz CT molecular complexity index is 728. The maximum absolute atomic E-state index is 6.16. The zero-order chi connectivity index (χ0) is 14.3. The SMILES string of the molecule is Cc1ccc2nc(N)n(C(c3cccs3)C(C)C)c2n1. The van der Waals surface area contributed by atoms with Gasteiger partial charge in [-0.05, 0) is 36.4 Å². The molecule has 3 aromatic rings.